The molecule has 188 valence electrons. The SMILES string of the molecule is CCOCCn1c2ccc(C(=O)c3ccccc3C)cc2c2cc(C(=O)C(C)(C)N(C)CC)ccc21. The topological polar surface area (TPSA) is 51.5 Å². The maximum atomic E-state index is 13.5. The zero-order valence-corrected chi connectivity index (χ0v) is 22.2. The summed E-state index contributed by atoms with van der Waals surface area (Å²) in [6.45, 7) is 12.6. The summed E-state index contributed by atoms with van der Waals surface area (Å²) in [5, 5.41) is 1.94. The van der Waals surface area contributed by atoms with E-state index in [2.05, 4.69) is 16.4 Å². The monoisotopic (exact) mass is 484 g/mol. The van der Waals surface area contributed by atoms with Crippen LogP contribution in [0.25, 0.3) is 21.8 Å². The second-order valence-electron chi connectivity index (χ2n) is 9.86. The molecular weight excluding hydrogens is 448 g/mol. The third-order valence-electron chi connectivity index (χ3n) is 7.43. The molecule has 0 radical (unpaired) electrons. The average Bonchev–Trinajstić information content (AvgIpc) is 3.19. The van der Waals surface area contributed by atoms with E-state index in [-0.39, 0.29) is 11.6 Å². The van der Waals surface area contributed by atoms with Crippen molar-refractivity contribution in [3.63, 3.8) is 0 Å². The number of benzene rings is 3. The summed E-state index contributed by atoms with van der Waals surface area (Å²) in [6.07, 6.45) is 0. The number of carbonyl (C=O) groups excluding carboxylic acids is 2. The summed E-state index contributed by atoms with van der Waals surface area (Å²) in [5.74, 6) is 0.0826. The Balaban J connectivity index is 1.88. The van der Waals surface area contributed by atoms with E-state index in [0.717, 1.165) is 33.9 Å². The number of carbonyl (C=O) groups is 2. The van der Waals surface area contributed by atoms with Crippen LogP contribution in [-0.2, 0) is 11.3 Å². The molecule has 0 fully saturated rings. The first-order valence-electron chi connectivity index (χ1n) is 12.7. The molecule has 4 aromatic rings. The molecule has 0 aliphatic carbocycles. The van der Waals surface area contributed by atoms with Gasteiger partial charge in [-0.25, -0.2) is 0 Å². The van der Waals surface area contributed by atoms with Crippen molar-refractivity contribution >= 4 is 33.4 Å². The standard InChI is InChI=1S/C31H36N2O3/c1-7-32(6)31(4,5)30(35)23-14-16-28-26(20-23)25-19-22(29(34)24-12-10-9-11-21(24)3)13-15-27(25)33(28)17-18-36-8-2/h9-16,19-20H,7-8,17-18H2,1-6H3. The highest BCUT2D eigenvalue weighted by Gasteiger charge is 2.32. The number of fused-ring (bicyclic) bond motifs is 3. The maximum absolute atomic E-state index is 13.5. The van der Waals surface area contributed by atoms with E-state index in [1.807, 2.05) is 95.4 Å². The van der Waals surface area contributed by atoms with Crippen LogP contribution in [0.3, 0.4) is 0 Å². The van der Waals surface area contributed by atoms with E-state index >= 15 is 0 Å². The molecule has 1 aromatic heterocycles. The highest BCUT2D eigenvalue weighted by molar-refractivity contribution is 6.16. The molecule has 0 saturated heterocycles. The van der Waals surface area contributed by atoms with Crippen molar-refractivity contribution in [1.29, 1.82) is 0 Å². The van der Waals surface area contributed by atoms with Gasteiger partial charge in [-0.15, -0.1) is 0 Å². The third kappa shape index (κ3) is 4.61. The minimum absolute atomic E-state index is 0.00292. The number of nitrogens with zero attached hydrogens (tertiary/aromatic N) is 2. The van der Waals surface area contributed by atoms with E-state index in [4.69, 9.17) is 4.74 Å². The number of hydrogen-bond acceptors (Lipinski definition) is 4. The highest BCUT2D eigenvalue weighted by Crippen LogP contribution is 2.33. The van der Waals surface area contributed by atoms with Gasteiger partial charge in [-0.1, -0.05) is 31.2 Å². The first kappa shape index (κ1) is 25.8. The molecule has 0 N–H and O–H groups in total. The Morgan fingerprint density at radius 2 is 1.53 bits per heavy atom. The Kier molecular flexibility index (Phi) is 7.43. The average molecular weight is 485 g/mol. The summed E-state index contributed by atoms with van der Waals surface area (Å²) in [6, 6.07) is 19.5. The van der Waals surface area contributed by atoms with Crippen molar-refractivity contribution in [2.45, 2.75) is 46.7 Å². The quantitative estimate of drug-likeness (QED) is 0.196. The molecule has 0 amide bonds. The van der Waals surface area contributed by atoms with Crippen LogP contribution >= 0.6 is 0 Å². The Labute approximate surface area is 213 Å². The smallest absolute Gasteiger partial charge is 0.193 e. The Hall–Kier alpha value is -3.28. The molecule has 5 heteroatoms. The zero-order valence-electron chi connectivity index (χ0n) is 22.2. The maximum Gasteiger partial charge on any atom is 0.193 e. The lowest BCUT2D eigenvalue weighted by Crippen LogP contribution is -2.47. The van der Waals surface area contributed by atoms with Crippen LogP contribution in [0.1, 0.15) is 59.5 Å². The normalized spacial score (nSPS) is 12.1. The molecule has 36 heavy (non-hydrogen) atoms. The van der Waals surface area contributed by atoms with Crippen LogP contribution in [-0.4, -0.2) is 53.4 Å². The second kappa shape index (κ2) is 10.4. The molecule has 0 spiro atoms. The number of ketones is 2. The minimum atomic E-state index is -0.623. The number of likely N-dealkylation sites (N-methyl/N-ethyl adjacent to an activating group) is 1. The largest absolute Gasteiger partial charge is 0.380 e. The molecule has 0 atom stereocenters. The molecule has 3 aromatic carbocycles. The van der Waals surface area contributed by atoms with Crippen molar-refractivity contribution in [3.05, 3.63) is 82.9 Å². The fraction of sp³-hybridized carbons (Fsp3) is 0.355. The first-order chi connectivity index (χ1) is 17.2. The summed E-state index contributed by atoms with van der Waals surface area (Å²) in [4.78, 5) is 29.0. The number of ether oxygens (including phenoxy) is 1. The van der Waals surface area contributed by atoms with Crippen molar-refractivity contribution in [2.75, 3.05) is 26.8 Å². The van der Waals surface area contributed by atoms with Crippen molar-refractivity contribution in [2.24, 2.45) is 0 Å². The van der Waals surface area contributed by atoms with Gasteiger partial charge >= 0.3 is 0 Å². The molecule has 0 aliphatic rings. The predicted octanol–water partition coefficient (Wildman–Crippen LogP) is 6.28. The van der Waals surface area contributed by atoms with Crippen molar-refractivity contribution in [1.82, 2.24) is 9.47 Å². The van der Waals surface area contributed by atoms with E-state index in [0.29, 0.717) is 36.4 Å². The lowest BCUT2D eigenvalue weighted by atomic mass is 9.90. The highest BCUT2D eigenvalue weighted by atomic mass is 16.5. The van der Waals surface area contributed by atoms with Crippen LogP contribution in [0.5, 0.6) is 0 Å². The number of rotatable bonds is 10. The van der Waals surface area contributed by atoms with Crippen molar-refractivity contribution in [3.8, 4) is 0 Å². The third-order valence-corrected chi connectivity index (χ3v) is 7.43. The molecule has 0 aliphatic heterocycles. The van der Waals surface area contributed by atoms with E-state index in [1.165, 1.54) is 0 Å². The summed E-state index contributed by atoms with van der Waals surface area (Å²) in [7, 11) is 1.97. The number of aromatic nitrogens is 1. The van der Waals surface area contributed by atoms with Crippen LogP contribution in [0.2, 0.25) is 0 Å². The molecule has 0 unspecified atom stereocenters. The van der Waals surface area contributed by atoms with Gasteiger partial charge in [0.25, 0.3) is 0 Å². The van der Waals surface area contributed by atoms with Gasteiger partial charge in [0, 0.05) is 51.6 Å². The molecule has 4 rings (SSSR count). The number of hydrogen-bond donors (Lipinski definition) is 0. The molecule has 0 saturated carbocycles. The van der Waals surface area contributed by atoms with Gasteiger partial charge in [0.15, 0.2) is 11.6 Å². The molecular formula is C31H36N2O3. The summed E-state index contributed by atoms with van der Waals surface area (Å²) in [5.41, 5.74) is 4.41. The first-order valence-corrected chi connectivity index (χ1v) is 12.7. The Bertz CT molecular complexity index is 1430. The van der Waals surface area contributed by atoms with Crippen molar-refractivity contribution < 1.29 is 14.3 Å². The Morgan fingerprint density at radius 3 is 2.14 bits per heavy atom. The van der Waals surface area contributed by atoms with Crippen LogP contribution in [0.4, 0.5) is 0 Å². The van der Waals surface area contributed by atoms with Gasteiger partial charge in [0.2, 0.25) is 0 Å². The fourth-order valence-electron chi connectivity index (χ4n) is 4.83. The predicted molar refractivity (Wildman–Crippen MR) is 147 cm³/mol. The number of aryl methyl sites for hydroxylation is 1. The van der Waals surface area contributed by atoms with Crippen LogP contribution in [0.15, 0.2) is 60.7 Å². The minimum Gasteiger partial charge on any atom is -0.380 e. The summed E-state index contributed by atoms with van der Waals surface area (Å²) >= 11 is 0. The van der Waals surface area contributed by atoms with Gasteiger partial charge in [-0.05, 0) is 83.2 Å². The van der Waals surface area contributed by atoms with Gasteiger partial charge in [-0.2, -0.15) is 0 Å². The zero-order chi connectivity index (χ0) is 26.0. The van der Waals surface area contributed by atoms with Gasteiger partial charge in [0.05, 0.1) is 12.1 Å². The van der Waals surface area contributed by atoms with Crippen LogP contribution < -0.4 is 0 Å². The van der Waals surface area contributed by atoms with Gasteiger partial charge < -0.3 is 9.30 Å². The molecule has 1 heterocycles. The molecule has 5 nitrogen and oxygen atoms in total. The van der Waals surface area contributed by atoms with Gasteiger partial charge in [-0.3, -0.25) is 14.5 Å². The lowest BCUT2D eigenvalue weighted by Gasteiger charge is -2.33. The van der Waals surface area contributed by atoms with E-state index < -0.39 is 5.54 Å². The van der Waals surface area contributed by atoms with Crippen LogP contribution in [0, 0.1) is 6.92 Å². The van der Waals surface area contributed by atoms with E-state index in [1.54, 1.807) is 0 Å². The number of Topliss-reactive ketones (excluding diaryl/α,β-unsaturated/α-hetero) is 1. The Morgan fingerprint density at radius 1 is 0.917 bits per heavy atom. The van der Waals surface area contributed by atoms with Gasteiger partial charge in [0.1, 0.15) is 0 Å². The second-order valence-corrected chi connectivity index (χ2v) is 9.86. The fourth-order valence-corrected chi connectivity index (χ4v) is 4.83. The van der Waals surface area contributed by atoms with E-state index in [9.17, 15) is 9.59 Å². The lowest BCUT2D eigenvalue weighted by molar-refractivity contribution is 0.0718. The molecule has 0 bridgehead atoms. The summed E-state index contributed by atoms with van der Waals surface area (Å²) < 4.78 is 7.87.